The maximum Gasteiger partial charge on any atom is 1.00 e. The van der Waals surface area contributed by atoms with Crippen molar-refractivity contribution in [2.45, 2.75) is 0 Å². The van der Waals surface area contributed by atoms with Gasteiger partial charge in [0, 0.05) is 11.4 Å². The third kappa shape index (κ3) is 4.61. The predicted molar refractivity (Wildman–Crippen MR) is 35.3 cm³/mol. The van der Waals surface area contributed by atoms with Crippen molar-refractivity contribution in [3.05, 3.63) is 24.3 Å². The predicted octanol–water partition coefficient (Wildman–Crippen LogP) is -5.14. The summed E-state index contributed by atoms with van der Waals surface area (Å²) in [6.45, 7) is 0. The number of anilines is 2. The Morgan fingerprint density at radius 1 is 0.700 bits per heavy atom. The van der Waals surface area contributed by atoms with Gasteiger partial charge in [-0.05, 0) is 24.3 Å². The zero-order valence-electron chi connectivity index (χ0n) is 6.46. The van der Waals surface area contributed by atoms with E-state index in [-0.39, 0.29) is 59.1 Å². The van der Waals surface area contributed by atoms with Gasteiger partial charge in [-0.1, -0.05) is 0 Å². The maximum atomic E-state index is 5.37. The molecule has 0 radical (unpaired) electrons. The molecule has 1 aromatic rings. The van der Waals surface area contributed by atoms with Crippen LogP contribution in [0.1, 0.15) is 0 Å². The Bertz CT molecular complexity index is 153. The fraction of sp³-hybridized carbons (Fsp3) is 0. The minimum absolute atomic E-state index is 0. The van der Waals surface area contributed by atoms with Crippen LogP contribution in [0.2, 0.25) is 0 Å². The third-order valence-corrected chi connectivity index (χ3v) is 0.936. The van der Waals surface area contributed by atoms with E-state index < -0.39 is 0 Å². The molecular weight excluding hydrogens is 146 g/mol. The van der Waals surface area contributed by atoms with Crippen LogP contribution in [0, 0.1) is 0 Å². The topological polar surface area (TPSA) is 52.0 Å². The molecule has 0 aliphatic heterocycles. The summed E-state index contributed by atoms with van der Waals surface area (Å²) in [6.07, 6.45) is 0. The molecule has 0 amide bonds. The molecule has 0 aliphatic rings. The first-order valence-corrected chi connectivity index (χ1v) is 2.40. The van der Waals surface area contributed by atoms with Crippen molar-refractivity contribution in [2.24, 2.45) is 0 Å². The van der Waals surface area contributed by atoms with Crippen molar-refractivity contribution in [1.29, 1.82) is 0 Å². The molecule has 1 aromatic carbocycles. The van der Waals surface area contributed by atoms with Crippen LogP contribution in [-0.2, 0) is 0 Å². The number of hydrogen-bond acceptors (Lipinski definition) is 2. The maximum absolute atomic E-state index is 5.37. The quantitative estimate of drug-likeness (QED) is 0.290. The average Bonchev–Trinajstić information content (AvgIpc) is 1.77. The molecule has 10 heavy (non-hydrogen) atoms. The Morgan fingerprint density at radius 3 is 1.10 bits per heavy atom. The van der Waals surface area contributed by atoms with Gasteiger partial charge in [-0.15, -0.1) is 0 Å². The molecule has 0 aliphatic carbocycles. The van der Waals surface area contributed by atoms with Crippen molar-refractivity contribution in [1.82, 2.24) is 0 Å². The molecule has 4 heteroatoms. The second kappa shape index (κ2) is 6.53. The van der Waals surface area contributed by atoms with Crippen LogP contribution < -0.4 is 70.6 Å². The van der Waals surface area contributed by atoms with Crippen LogP contribution in [0.3, 0.4) is 0 Å². The molecule has 2 nitrogen and oxygen atoms in total. The molecule has 0 heterocycles. The fourth-order valence-corrected chi connectivity index (χ4v) is 0.496. The minimum atomic E-state index is 0. The second-order valence-corrected chi connectivity index (χ2v) is 1.67. The monoisotopic (exact) mass is 154 g/mol. The SMILES string of the molecule is Nc1ccc(N)cc1.[Na+].[Na+]. The molecule has 42 valence electrons. The summed E-state index contributed by atoms with van der Waals surface area (Å²) in [5.74, 6) is 0. The first-order chi connectivity index (χ1) is 3.79. The van der Waals surface area contributed by atoms with Gasteiger partial charge in [-0.2, -0.15) is 0 Å². The van der Waals surface area contributed by atoms with Crippen LogP contribution in [0.4, 0.5) is 11.4 Å². The van der Waals surface area contributed by atoms with Gasteiger partial charge in [0.05, 0.1) is 0 Å². The van der Waals surface area contributed by atoms with E-state index in [1.54, 1.807) is 24.3 Å². The molecule has 0 fully saturated rings. The number of nitrogens with two attached hydrogens (primary N) is 2. The summed E-state index contributed by atoms with van der Waals surface area (Å²) >= 11 is 0. The first kappa shape index (κ1) is 13.4. The summed E-state index contributed by atoms with van der Waals surface area (Å²) in [5.41, 5.74) is 12.2. The largest absolute Gasteiger partial charge is 1.00 e. The molecule has 0 unspecified atom stereocenters. The summed E-state index contributed by atoms with van der Waals surface area (Å²) in [7, 11) is 0. The summed E-state index contributed by atoms with van der Waals surface area (Å²) in [6, 6.07) is 7.09. The Morgan fingerprint density at radius 2 is 0.900 bits per heavy atom. The van der Waals surface area contributed by atoms with Crippen LogP contribution in [0.15, 0.2) is 24.3 Å². The Hall–Kier alpha value is 0.820. The molecule has 0 aromatic heterocycles. The van der Waals surface area contributed by atoms with Crippen LogP contribution in [0.25, 0.3) is 0 Å². The molecular formula is C6H8N2Na2+2. The summed E-state index contributed by atoms with van der Waals surface area (Å²) < 4.78 is 0. The van der Waals surface area contributed by atoms with E-state index in [1.807, 2.05) is 0 Å². The van der Waals surface area contributed by atoms with Crippen LogP contribution in [-0.4, -0.2) is 0 Å². The third-order valence-electron chi connectivity index (χ3n) is 0.936. The van der Waals surface area contributed by atoms with Crippen molar-refractivity contribution in [3.8, 4) is 0 Å². The Balaban J connectivity index is 0. The standard InChI is InChI=1S/C6H8N2.2Na/c7-5-1-2-6(8)4-3-5;;/h1-4H,7-8H2;;/q;2*+1. The van der Waals surface area contributed by atoms with E-state index in [2.05, 4.69) is 0 Å². The smallest absolute Gasteiger partial charge is 0.399 e. The molecule has 0 saturated carbocycles. The number of hydrogen-bond donors (Lipinski definition) is 2. The summed E-state index contributed by atoms with van der Waals surface area (Å²) in [4.78, 5) is 0. The normalized spacial score (nSPS) is 7.20. The van der Waals surface area contributed by atoms with Gasteiger partial charge in [0.1, 0.15) is 0 Å². The van der Waals surface area contributed by atoms with E-state index in [0.29, 0.717) is 0 Å². The number of rotatable bonds is 0. The number of nitrogen functional groups attached to an aromatic ring is 2. The zero-order valence-corrected chi connectivity index (χ0v) is 10.5. The minimum Gasteiger partial charge on any atom is -0.399 e. The molecule has 4 N–H and O–H groups in total. The van der Waals surface area contributed by atoms with E-state index in [0.717, 1.165) is 11.4 Å². The van der Waals surface area contributed by atoms with Gasteiger partial charge in [-0.3, -0.25) is 0 Å². The van der Waals surface area contributed by atoms with Gasteiger partial charge in [0.15, 0.2) is 0 Å². The summed E-state index contributed by atoms with van der Waals surface area (Å²) in [5, 5.41) is 0. The van der Waals surface area contributed by atoms with Crippen molar-refractivity contribution >= 4 is 11.4 Å². The van der Waals surface area contributed by atoms with Gasteiger partial charge >= 0.3 is 59.1 Å². The fourth-order valence-electron chi connectivity index (χ4n) is 0.496. The van der Waals surface area contributed by atoms with E-state index >= 15 is 0 Å². The first-order valence-electron chi connectivity index (χ1n) is 2.40. The number of benzene rings is 1. The Kier molecular flexibility index (Phi) is 8.75. The van der Waals surface area contributed by atoms with Crippen molar-refractivity contribution < 1.29 is 59.1 Å². The van der Waals surface area contributed by atoms with Gasteiger partial charge in [0.25, 0.3) is 0 Å². The zero-order chi connectivity index (χ0) is 5.98. The van der Waals surface area contributed by atoms with Crippen LogP contribution >= 0.6 is 0 Å². The van der Waals surface area contributed by atoms with Gasteiger partial charge in [0.2, 0.25) is 0 Å². The van der Waals surface area contributed by atoms with E-state index in [4.69, 9.17) is 11.5 Å². The molecule has 1 rings (SSSR count). The average molecular weight is 154 g/mol. The van der Waals surface area contributed by atoms with Crippen LogP contribution in [0.5, 0.6) is 0 Å². The molecule has 0 spiro atoms. The van der Waals surface area contributed by atoms with Crippen molar-refractivity contribution in [2.75, 3.05) is 11.5 Å². The second-order valence-electron chi connectivity index (χ2n) is 1.67. The van der Waals surface area contributed by atoms with E-state index in [1.165, 1.54) is 0 Å². The molecule has 0 bridgehead atoms. The molecule has 0 atom stereocenters. The van der Waals surface area contributed by atoms with Gasteiger partial charge in [-0.25, -0.2) is 0 Å². The van der Waals surface area contributed by atoms with E-state index in [9.17, 15) is 0 Å². The molecule has 0 saturated heterocycles. The Labute approximate surface area is 105 Å². The van der Waals surface area contributed by atoms with Crippen molar-refractivity contribution in [3.63, 3.8) is 0 Å². The van der Waals surface area contributed by atoms with Gasteiger partial charge < -0.3 is 11.5 Å².